The van der Waals surface area contributed by atoms with Gasteiger partial charge in [-0.05, 0) is 54.8 Å². The molecule has 4 rings (SSSR count). The molecule has 0 bridgehead atoms. The smallest absolute Gasteiger partial charge is 0.250 e. The summed E-state index contributed by atoms with van der Waals surface area (Å²) in [6.45, 7) is 0. The molecule has 2 amide bonds. The van der Waals surface area contributed by atoms with Gasteiger partial charge in [0.25, 0.3) is 0 Å². The highest BCUT2D eigenvalue weighted by molar-refractivity contribution is 6.02. The minimum Gasteiger partial charge on any atom is -0.378 e. The molecule has 1 saturated carbocycles. The highest BCUT2D eigenvalue weighted by Crippen LogP contribution is 2.47. The second kappa shape index (κ2) is 7.50. The van der Waals surface area contributed by atoms with Crippen LogP contribution in [0.1, 0.15) is 43.7 Å². The summed E-state index contributed by atoms with van der Waals surface area (Å²) in [6, 6.07) is 13.7. The molecule has 0 radical (unpaired) electrons. The van der Waals surface area contributed by atoms with Gasteiger partial charge in [0.15, 0.2) is 0 Å². The lowest BCUT2D eigenvalue weighted by atomic mass is 9.83. The first-order valence-corrected chi connectivity index (χ1v) is 10.1. The SMILES string of the molecule is CN(C)c1ccc(NC(=O)C2(N3C(=O)CC3c3ccc(F)cc3)CCCC2)cc1. The minimum atomic E-state index is -0.839. The number of hydrogen-bond donors (Lipinski definition) is 1. The normalized spacial score (nSPS) is 20.3. The maximum absolute atomic E-state index is 13.4. The van der Waals surface area contributed by atoms with Gasteiger partial charge in [-0.1, -0.05) is 25.0 Å². The molecule has 1 N–H and O–H groups in total. The Kier molecular flexibility index (Phi) is 5.03. The Balaban J connectivity index is 1.58. The lowest BCUT2D eigenvalue weighted by molar-refractivity contribution is -0.163. The minimum absolute atomic E-state index is 0.0145. The maximum atomic E-state index is 13.4. The second-order valence-corrected chi connectivity index (χ2v) is 8.17. The van der Waals surface area contributed by atoms with E-state index in [2.05, 4.69) is 5.32 Å². The number of nitrogens with zero attached hydrogens (tertiary/aromatic N) is 2. The van der Waals surface area contributed by atoms with E-state index in [-0.39, 0.29) is 23.7 Å². The molecular formula is C23H26FN3O2. The Hall–Kier alpha value is -2.89. The number of halogens is 1. The number of benzene rings is 2. The maximum Gasteiger partial charge on any atom is 0.250 e. The van der Waals surface area contributed by atoms with Crippen molar-refractivity contribution in [3.8, 4) is 0 Å². The third kappa shape index (κ3) is 3.48. The van der Waals surface area contributed by atoms with Crippen LogP contribution in [0.3, 0.4) is 0 Å². The van der Waals surface area contributed by atoms with Gasteiger partial charge in [0, 0.05) is 25.5 Å². The molecule has 1 aliphatic carbocycles. The van der Waals surface area contributed by atoms with E-state index in [1.54, 1.807) is 17.0 Å². The lowest BCUT2D eigenvalue weighted by Gasteiger charge is -2.51. The molecule has 152 valence electrons. The molecule has 2 aliphatic rings. The van der Waals surface area contributed by atoms with E-state index in [0.29, 0.717) is 19.3 Å². The van der Waals surface area contributed by atoms with Crippen LogP contribution in [-0.2, 0) is 9.59 Å². The van der Waals surface area contributed by atoms with Crippen LogP contribution in [0, 0.1) is 5.82 Å². The summed E-state index contributed by atoms with van der Waals surface area (Å²) < 4.78 is 13.3. The van der Waals surface area contributed by atoms with Gasteiger partial charge in [-0.15, -0.1) is 0 Å². The van der Waals surface area contributed by atoms with Crippen LogP contribution >= 0.6 is 0 Å². The molecule has 1 unspecified atom stereocenters. The molecule has 29 heavy (non-hydrogen) atoms. The summed E-state index contributed by atoms with van der Waals surface area (Å²) in [5.74, 6) is -0.451. The topological polar surface area (TPSA) is 52.7 Å². The Labute approximate surface area is 170 Å². The van der Waals surface area contributed by atoms with Crippen LogP contribution < -0.4 is 10.2 Å². The van der Waals surface area contributed by atoms with Crippen molar-refractivity contribution >= 4 is 23.2 Å². The number of β-lactam (4-membered cyclic amide) rings is 1. The zero-order chi connectivity index (χ0) is 20.6. The first kappa shape index (κ1) is 19.4. The summed E-state index contributed by atoms with van der Waals surface area (Å²) in [6.07, 6.45) is 3.48. The molecule has 2 aromatic carbocycles. The van der Waals surface area contributed by atoms with Crippen molar-refractivity contribution in [1.29, 1.82) is 0 Å². The average molecular weight is 395 g/mol. The average Bonchev–Trinajstić information content (AvgIpc) is 3.17. The van der Waals surface area contributed by atoms with Gasteiger partial charge >= 0.3 is 0 Å². The van der Waals surface area contributed by atoms with E-state index in [1.807, 2.05) is 43.3 Å². The predicted molar refractivity (Wildman–Crippen MR) is 111 cm³/mol. The molecular weight excluding hydrogens is 369 g/mol. The van der Waals surface area contributed by atoms with Gasteiger partial charge in [0.2, 0.25) is 11.8 Å². The van der Waals surface area contributed by atoms with Crippen LogP contribution in [0.15, 0.2) is 48.5 Å². The zero-order valence-corrected chi connectivity index (χ0v) is 16.8. The Bertz CT molecular complexity index is 903. The van der Waals surface area contributed by atoms with Crippen molar-refractivity contribution in [2.24, 2.45) is 0 Å². The van der Waals surface area contributed by atoms with Gasteiger partial charge in [0.1, 0.15) is 11.4 Å². The fourth-order valence-corrected chi connectivity index (χ4v) is 4.53. The van der Waals surface area contributed by atoms with E-state index >= 15 is 0 Å². The molecule has 6 heteroatoms. The number of hydrogen-bond acceptors (Lipinski definition) is 3. The van der Waals surface area contributed by atoms with Gasteiger partial charge in [-0.3, -0.25) is 9.59 Å². The lowest BCUT2D eigenvalue weighted by Crippen LogP contribution is -2.64. The van der Waals surface area contributed by atoms with Crippen LogP contribution in [0.25, 0.3) is 0 Å². The summed E-state index contributed by atoms with van der Waals surface area (Å²) in [5.41, 5.74) is 1.81. The number of rotatable bonds is 5. The summed E-state index contributed by atoms with van der Waals surface area (Å²) >= 11 is 0. The van der Waals surface area contributed by atoms with Crippen LogP contribution in [-0.4, -0.2) is 36.3 Å². The van der Waals surface area contributed by atoms with Crippen molar-refractivity contribution < 1.29 is 14.0 Å². The van der Waals surface area contributed by atoms with Crippen molar-refractivity contribution in [2.75, 3.05) is 24.3 Å². The van der Waals surface area contributed by atoms with Gasteiger partial charge in [-0.2, -0.15) is 0 Å². The Morgan fingerprint density at radius 2 is 1.69 bits per heavy atom. The summed E-state index contributed by atoms with van der Waals surface area (Å²) in [4.78, 5) is 29.8. The van der Waals surface area contributed by atoms with Crippen molar-refractivity contribution in [1.82, 2.24) is 4.90 Å². The third-order valence-electron chi connectivity index (χ3n) is 6.16. The first-order chi connectivity index (χ1) is 13.9. The molecule has 0 spiro atoms. The van der Waals surface area contributed by atoms with Crippen LogP contribution in [0.4, 0.5) is 15.8 Å². The van der Waals surface area contributed by atoms with Crippen molar-refractivity contribution in [3.63, 3.8) is 0 Å². The summed E-state index contributed by atoms with van der Waals surface area (Å²) in [7, 11) is 3.93. The van der Waals surface area contributed by atoms with E-state index in [4.69, 9.17) is 0 Å². The molecule has 1 saturated heterocycles. The zero-order valence-electron chi connectivity index (χ0n) is 16.8. The fourth-order valence-electron chi connectivity index (χ4n) is 4.53. The third-order valence-corrected chi connectivity index (χ3v) is 6.16. The number of nitrogens with one attached hydrogen (secondary N) is 1. The standard InChI is InChI=1S/C23H26FN3O2/c1-26(2)19-11-9-18(10-12-19)25-22(29)23(13-3-4-14-23)27-20(15-21(27)28)16-5-7-17(24)8-6-16/h5-12,20H,3-4,13-15H2,1-2H3,(H,25,29). The quantitative estimate of drug-likeness (QED) is 0.775. The largest absolute Gasteiger partial charge is 0.378 e. The highest BCUT2D eigenvalue weighted by atomic mass is 19.1. The number of likely N-dealkylation sites (tertiary alicyclic amines) is 1. The van der Waals surface area contributed by atoms with Gasteiger partial charge in [0.05, 0.1) is 12.5 Å². The van der Waals surface area contributed by atoms with E-state index in [1.165, 1.54) is 12.1 Å². The highest BCUT2D eigenvalue weighted by Gasteiger charge is 2.55. The monoisotopic (exact) mass is 395 g/mol. The molecule has 0 aromatic heterocycles. The van der Waals surface area contributed by atoms with E-state index in [0.717, 1.165) is 29.8 Å². The first-order valence-electron chi connectivity index (χ1n) is 10.1. The number of carbonyl (C=O) groups excluding carboxylic acids is 2. The number of carbonyl (C=O) groups is 2. The van der Waals surface area contributed by atoms with Gasteiger partial charge < -0.3 is 15.1 Å². The molecule has 5 nitrogen and oxygen atoms in total. The Morgan fingerprint density at radius 3 is 2.24 bits per heavy atom. The van der Waals surface area contributed by atoms with Crippen LogP contribution in [0.5, 0.6) is 0 Å². The van der Waals surface area contributed by atoms with E-state index in [9.17, 15) is 14.0 Å². The summed E-state index contributed by atoms with van der Waals surface area (Å²) in [5, 5.41) is 3.03. The molecule has 2 fully saturated rings. The molecule has 1 aliphatic heterocycles. The van der Waals surface area contributed by atoms with Gasteiger partial charge in [-0.25, -0.2) is 4.39 Å². The van der Waals surface area contributed by atoms with E-state index < -0.39 is 5.54 Å². The predicted octanol–water partition coefficient (Wildman–Crippen LogP) is 4.12. The second-order valence-electron chi connectivity index (χ2n) is 8.17. The number of anilines is 2. The molecule has 2 aromatic rings. The Morgan fingerprint density at radius 1 is 1.07 bits per heavy atom. The fraction of sp³-hybridized carbons (Fsp3) is 0.391. The van der Waals surface area contributed by atoms with Crippen LogP contribution in [0.2, 0.25) is 0 Å². The van der Waals surface area contributed by atoms with Crippen molar-refractivity contribution in [2.45, 2.75) is 43.7 Å². The molecule has 1 atom stereocenters. The molecule has 1 heterocycles. The number of amides is 2. The van der Waals surface area contributed by atoms with Crippen molar-refractivity contribution in [3.05, 3.63) is 59.9 Å².